The number of nitrogens with one attached hydrogen (secondary N) is 1. The molecule has 1 N–H and O–H groups in total. The van der Waals surface area contributed by atoms with Gasteiger partial charge >= 0.3 is 0 Å². The minimum absolute atomic E-state index is 0.190. The molecule has 29 heavy (non-hydrogen) atoms. The molecule has 0 aliphatic carbocycles. The molecular weight excluding hydrogens is 358 g/mol. The van der Waals surface area contributed by atoms with Crippen molar-refractivity contribution in [2.24, 2.45) is 0 Å². The van der Waals surface area contributed by atoms with E-state index in [-0.39, 0.29) is 5.91 Å². The zero-order valence-electron chi connectivity index (χ0n) is 15.9. The highest BCUT2D eigenvalue weighted by Crippen LogP contribution is 2.20. The van der Waals surface area contributed by atoms with E-state index < -0.39 is 0 Å². The van der Waals surface area contributed by atoms with Gasteiger partial charge in [0.1, 0.15) is 0 Å². The fraction of sp³-hybridized carbons (Fsp3) is 0.0400. The fourth-order valence-corrected chi connectivity index (χ4v) is 3.08. The predicted molar refractivity (Wildman–Crippen MR) is 117 cm³/mol. The first-order valence-corrected chi connectivity index (χ1v) is 9.49. The quantitative estimate of drug-likeness (QED) is 0.374. The van der Waals surface area contributed by atoms with Crippen LogP contribution >= 0.6 is 0 Å². The molecule has 0 aliphatic rings. The maximum Gasteiger partial charge on any atom is 0.257 e. The summed E-state index contributed by atoms with van der Waals surface area (Å²) in [4.78, 5) is 13.1. The molecule has 0 aliphatic heterocycles. The van der Waals surface area contributed by atoms with Gasteiger partial charge in [-0.2, -0.15) is 5.10 Å². The van der Waals surface area contributed by atoms with Crippen molar-refractivity contribution in [2.45, 2.75) is 6.54 Å². The molecule has 3 aromatic carbocycles. The molecule has 142 valence electrons. The van der Waals surface area contributed by atoms with E-state index in [9.17, 15) is 4.79 Å². The van der Waals surface area contributed by atoms with Crippen molar-refractivity contribution in [2.75, 3.05) is 5.32 Å². The smallest absolute Gasteiger partial charge is 0.257 e. The van der Waals surface area contributed by atoms with Gasteiger partial charge in [0.2, 0.25) is 0 Å². The van der Waals surface area contributed by atoms with E-state index in [1.807, 2.05) is 102 Å². The van der Waals surface area contributed by atoms with Crippen molar-refractivity contribution in [3.63, 3.8) is 0 Å². The third-order valence-electron chi connectivity index (χ3n) is 4.51. The van der Waals surface area contributed by atoms with E-state index in [1.165, 1.54) is 0 Å². The lowest BCUT2D eigenvalue weighted by Gasteiger charge is -2.08. The predicted octanol–water partition coefficient (Wildman–Crippen LogP) is 5.11. The number of benzene rings is 3. The first-order chi connectivity index (χ1) is 14.3. The van der Waals surface area contributed by atoms with Crippen LogP contribution in [-0.2, 0) is 11.3 Å². The minimum atomic E-state index is -0.190. The van der Waals surface area contributed by atoms with Crippen LogP contribution in [0, 0.1) is 0 Å². The highest BCUT2D eigenvalue weighted by molar-refractivity contribution is 6.29. The van der Waals surface area contributed by atoms with E-state index in [0.29, 0.717) is 17.9 Å². The average molecular weight is 379 g/mol. The lowest BCUT2D eigenvalue weighted by Crippen LogP contribution is -2.14. The standard InChI is InChI=1S/C25H21N3O/c29-25(26-24-16-17-28(27-24)19-21-12-6-2-7-13-21)23(22-14-8-3-9-15-22)18-20-10-4-1-5-11-20/h1-18H,19H2,(H,26,27,29)/b23-18-. The summed E-state index contributed by atoms with van der Waals surface area (Å²) in [6, 6.07) is 31.4. The number of nitrogens with zero attached hydrogens (tertiary/aromatic N) is 2. The average Bonchev–Trinajstić information content (AvgIpc) is 3.20. The van der Waals surface area contributed by atoms with Crippen LogP contribution in [-0.4, -0.2) is 15.7 Å². The van der Waals surface area contributed by atoms with E-state index >= 15 is 0 Å². The van der Waals surface area contributed by atoms with Crippen molar-refractivity contribution in [1.82, 2.24) is 9.78 Å². The summed E-state index contributed by atoms with van der Waals surface area (Å²) in [5, 5.41) is 7.41. The maximum absolute atomic E-state index is 13.1. The Bertz CT molecular complexity index is 1100. The molecular formula is C25H21N3O. The molecule has 0 atom stereocenters. The van der Waals surface area contributed by atoms with Crippen molar-refractivity contribution in [3.05, 3.63) is 120 Å². The van der Waals surface area contributed by atoms with E-state index in [1.54, 1.807) is 0 Å². The van der Waals surface area contributed by atoms with Gasteiger partial charge in [-0.15, -0.1) is 0 Å². The summed E-state index contributed by atoms with van der Waals surface area (Å²) in [5.74, 6) is 0.339. The Labute approximate surface area is 170 Å². The Kier molecular flexibility index (Phi) is 5.63. The van der Waals surface area contributed by atoms with Crippen LogP contribution in [0.1, 0.15) is 16.7 Å². The number of carbonyl (C=O) groups is 1. The fourth-order valence-electron chi connectivity index (χ4n) is 3.08. The Morgan fingerprint density at radius 2 is 1.45 bits per heavy atom. The third-order valence-corrected chi connectivity index (χ3v) is 4.51. The zero-order chi connectivity index (χ0) is 19.9. The molecule has 0 saturated carbocycles. The molecule has 4 heteroatoms. The summed E-state index contributed by atoms with van der Waals surface area (Å²) < 4.78 is 1.81. The second-order valence-electron chi connectivity index (χ2n) is 6.67. The second-order valence-corrected chi connectivity index (χ2v) is 6.67. The molecule has 0 fully saturated rings. The SMILES string of the molecule is O=C(Nc1ccn(Cc2ccccc2)n1)/C(=C\c1ccccc1)c1ccccc1. The molecule has 4 aromatic rings. The van der Waals surface area contributed by atoms with Crippen LogP contribution in [0.25, 0.3) is 11.6 Å². The number of anilines is 1. The first kappa shape index (κ1) is 18.4. The molecule has 4 nitrogen and oxygen atoms in total. The second kappa shape index (κ2) is 8.85. The number of hydrogen-bond donors (Lipinski definition) is 1. The number of hydrogen-bond acceptors (Lipinski definition) is 2. The van der Waals surface area contributed by atoms with Gasteiger partial charge in [-0.1, -0.05) is 91.0 Å². The number of aromatic nitrogens is 2. The lowest BCUT2D eigenvalue weighted by molar-refractivity contribution is -0.111. The summed E-state index contributed by atoms with van der Waals surface area (Å²) >= 11 is 0. The Balaban J connectivity index is 1.55. The van der Waals surface area contributed by atoms with Crippen LogP contribution in [0.4, 0.5) is 5.82 Å². The number of amides is 1. The van der Waals surface area contributed by atoms with Crippen molar-refractivity contribution in [1.29, 1.82) is 0 Å². The van der Waals surface area contributed by atoms with E-state index in [0.717, 1.165) is 16.7 Å². The summed E-state index contributed by atoms with van der Waals surface area (Å²) in [6.45, 7) is 0.655. The van der Waals surface area contributed by atoms with Crippen LogP contribution in [0.5, 0.6) is 0 Å². The van der Waals surface area contributed by atoms with Gasteiger partial charge in [-0.25, -0.2) is 0 Å². The lowest BCUT2D eigenvalue weighted by atomic mass is 10.0. The Morgan fingerprint density at radius 3 is 2.14 bits per heavy atom. The molecule has 1 aromatic heterocycles. The van der Waals surface area contributed by atoms with Gasteiger partial charge in [0, 0.05) is 17.8 Å². The summed E-state index contributed by atoms with van der Waals surface area (Å²) in [5.41, 5.74) is 3.57. The molecule has 0 radical (unpaired) electrons. The van der Waals surface area contributed by atoms with E-state index in [2.05, 4.69) is 22.5 Å². The number of carbonyl (C=O) groups excluding carboxylic acids is 1. The molecule has 1 amide bonds. The molecule has 0 bridgehead atoms. The normalized spacial score (nSPS) is 11.2. The van der Waals surface area contributed by atoms with E-state index in [4.69, 9.17) is 0 Å². The Hall–Kier alpha value is -3.92. The first-order valence-electron chi connectivity index (χ1n) is 9.49. The van der Waals surface area contributed by atoms with Crippen molar-refractivity contribution in [3.8, 4) is 0 Å². The zero-order valence-corrected chi connectivity index (χ0v) is 15.9. The highest BCUT2D eigenvalue weighted by atomic mass is 16.1. The van der Waals surface area contributed by atoms with Crippen LogP contribution in [0.2, 0.25) is 0 Å². The van der Waals surface area contributed by atoms with Gasteiger partial charge in [-0.3, -0.25) is 9.48 Å². The van der Waals surface area contributed by atoms with Crippen LogP contribution in [0.3, 0.4) is 0 Å². The largest absolute Gasteiger partial charge is 0.305 e. The molecule has 0 spiro atoms. The van der Waals surface area contributed by atoms with Crippen LogP contribution in [0.15, 0.2) is 103 Å². The van der Waals surface area contributed by atoms with Gasteiger partial charge in [0.15, 0.2) is 5.82 Å². The molecule has 4 rings (SSSR count). The summed E-state index contributed by atoms with van der Waals surface area (Å²) in [7, 11) is 0. The van der Waals surface area contributed by atoms with Gasteiger partial charge in [0.25, 0.3) is 5.91 Å². The van der Waals surface area contributed by atoms with Crippen LogP contribution < -0.4 is 5.32 Å². The molecule has 0 unspecified atom stereocenters. The highest BCUT2D eigenvalue weighted by Gasteiger charge is 2.14. The van der Waals surface area contributed by atoms with Gasteiger partial charge < -0.3 is 5.32 Å². The van der Waals surface area contributed by atoms with Crippen molar-refractivity contribution < 1.29 is 4.79 Å². The maximum atomic E-state index is 13.1. The Morgan fingerprint density at radius 1 is 0.828 bits per heavy atom. The minimum Gasteiger partial charge on any atom is -0.305 e. The summed E-state index contributed by atoms with van der Waals surface area (Å²) in [6.07, 6.45) is 3.76. The van der Waals surface area contributed by atoms with Gasteiger partial charge in [-0.05, 0) is 22.8 Å². The van der Waals surface area contributed by atoms with Crippen molar-refractivity contribution >= 4 is 23.4 Å². The molecule has 0 saturated heterocycles. The monoisotopic (exact) mass is 379 g/mol. The number of rotatable bonds is 6. The van der Waals surface area contributed by atoms with Gasteiger partial charge in [0.05, 0.1) is 6.54 Å². The topological polar surface area (TPSA) is 46.9 Å². The molecule has 1 heterocycles. The third kappa shape index (κ3) is 4.87.